The maximum atomic E-state index is 13.1. The summed E-state index contributed by atoms with van der Waals surface area (Å²) in [5.41, 5.74) is -0.652. The zero-order valence-corrected chi connectivity index (χ0v) is 14.7. The lowest BCUT2D eigenvalue weighted by Gasteiger charge is -2.44. The van der Waals surface area contributed by atoms with Crippen LogP contribution in [0.1, 0.15) is 34.1 Å². The van der Waals surface area contributed by atoms with Crippen molar-refractivity contribution in [1.29, 1.82) is 0 Å². The number of ether oxygens (including phenoxy) is 1. The van der Waals surface area contributed by atoms with Crippen LogP contribution in [0.2, 0.25) is 0 Å². The Morgan fingerprint density at radius 3 is 2.29 bits per heavy atom. The van der Waals surface area contributed by atoms with Crippen molar-refractivity contribution < 1.29 is 27.5 Å². The fourth-order valence-electron chi connectivity index (χ4n) is 2.45. The number of halogens is 3. The molecule has 1 aliphatic rings. The number of amides is 2. The van der Waals surface area contributed by atoms with Crippen molar-refractivity contribution in [3.63, 3.8) is 0 Å². The van der Waals surface area contributed by atoms with Gasteiger partial charge in [0.05, 0.1) is 0 Å². The van der Waals surface area contributed by atoms with E-state index in [9.17, 15) is 22.8 Å². The Morgan fingerprint density at radius 1 is 1.21 bits per heavy atom. The number of alkyl carbamates (subject to hydrolysis) is 1. The SMILES string of the molecule is CC1CN(C(=O)CCNC(=O)OC(C)(C)C)CC(C(F)(F)F)N1C. The molecule has 6 nitrogen and oxygen atoms in total. The third-order valence-electron chi connectivity index (χ3n) is 3.80. The minimum Gasteiger partial charge on any atom is -0.444 e. The lowest BCUT2D eigenvalue weighted by Crippen LogP contribution is -2.62. The van der Waals surface area contributed by atoms with E-state index in [0.717, 1.165) is 0 Å². The number of rotatable bonds is 3. The van der Waals surface area contributed by atoms with Crippen LogP contribution in [0.25, 0.3) is 0 Å². The van der Waals surface area contributed by atoms with E-state index in [1.165, 1.54) is 16.8 Å². The third kappa shape index (κ3) is 6.18. The molecule has 1 rings (SSSR count). The van der Waals surface area contributed by atoms with E-state index in [4.69, 9.17) is 4.74 Å². The first kappa shape index (κ1) is 20.5. The lowest BCUT2D eigenvalue weighted by atomic mass is 10.1. The predicted octanol–water partition coefficient (Wildman–Crippen LogP) is 1.99. The van der Waals surface area contributed by atoms with Crippen LogP contribution in [0, 0.1) is 0 Å². The van der Waals surface area contributed by atoms with Gasteiger partial charge in [0.25, 0.3) is 0 Å². The summed E-state index contributed by atoms with van der Waals surface area (Å²) in [4.78, 5) is 26.1. The summed E-state index contributed by atoms with van der Waals surface area (Å²) in [6.07, 6.45) is -5.12. The third-order valence-corrected chi connectivity index (χ3v) is 3.80. The average Bonchev–Trinajstić information content (AvgIpc) is 2.38. The van der Waals surface area contributed by atoms with Crippen molar-refractivity contribution in [1.82, 2.24) is 15.1 Å². The highest BCUT2D eigenvalue weighted by Crippen LogP contribution is 2.29. The van der Waals surface area contributed by atoms with Crippen molar-refractivity contribution in [3.05, 3.63) is 0 Å². The molecule has 0 aromatic heterocycles. The van der Waals surface area contributed by atoms with Gasteiger partial charge in [-0.3, -0.25) is 9.69 Å². The highest BCUT2D eigenvalue weighted by atomic mass is 19.4. The first-order chi connectivity index (χ1) is 10.8. The van der Waals surface area contributed by atoms with Gasteiger partial charge in [-0.1, -0.05) is 0 Å². The number of nitrogens with zero attached hydrogens (tertiary/aromatic N) is 2. The first-order valence-electron chi connectivity index (χ1n) is 7.84. The van der Waals surface area contributed by atoms with Gasteiger partial charge in [0.1, 0.15) is 11.6 Å². The van der Waals surface area contributed by atoms with Crippen LogP contribution in [0.15, 0.2) is 0 Å². The van der Waals surface area contributed by atoms with Crippen LogP contribution < -0.4 is 5.32 Å². The fraction of sp³-hybridized carbons (Fsp3) is 0.867. The molecule has 0 saturated carbocycles. The molecule has 0 spiro atoms. The Kier molecular flexibility index (Phi) is 6.49. The lowest BCUT2D eigenvalue weighted by molar-refractivity contribution is -0.201. The molecule has 9 heteroatoms. The number of nitrogens with one attached hydrogen (secondary N) is 1. The van der Waals surface area contributed by atoms with E-state index >= 15 is 0 Å². The first-order valence-corrected chi connectivity index (χ1v) is 7.84. The van der Waals surface area contributed by atoms with Crippen LogP contribution in [0.3, 0.4) is 0 Å². The van der Waals surface area contributed by atoms with Crippen LogP contribution in [-0.4, -0.2) is 72.3 Å². The minimum absolute atomic E-state index is 0.0190. The van der Waals surface area contributed by atoms with Crippen molar-refractivity contribution in [2.45, 2.75) is 58.0 Å². The molecular formula is C15H26F3N3O3. The number of likely N-dealkylation sites (N-methyl/N-ethyl adjacent to an activating group) is 1. The van der Waals surface area contributed by atoms with Gasteiger partial charge in [0, 0.05) is 32.1 Å². The molecule has 2 amide bonds. The monoisotopic (exact) mass is 353 g/mol. The molecule has 0 bridgehead atoms. The number of alkyl halides is 3. The Balaban J connectivity index is 2.51. The van der Waals surface area contributed by atoms with Crippen molar-refractivity contribution in [2.75, 3.05) is 26.7 Å². The standard InChI is InChI=1S/C15H26F3N3O3/c1-10-8-21(9-11(20(10)5)15(16,17)18)12(22)6-7-19-13(23)24-14(2,3)4/h10-11H,6-9H2,1-5H3,(H,19,23). The Morgan fingerprint density at radius 2 is 1.79 bits per heavy atom. The van der Waals surface area contributed by atoms with E-state index in [1.54, 1.807) is 27.7 Å². The van der Waals surface area contributed by atoms with E-state index in [2.05, 4.69) is 5.32 Å². The van der Waals surface area contributed by atoms with E-state index in [1.807, 2.05) is 0 Å². The maximum absolute atomic E-state index is 13.1. The van der Waals surface area contributed by atoms with Gasteiger partial charge < -0.3 is 15.0 Å². The van der Waals surface area contributed by atoms with Crippen molar-refractivity contribution >= 4 is 12.0 Å². The highest BCUT2D eigenvalue weighted by molar-refractivity contribution is 5.77. The van der Waals surface area contributed by atoms with Gasteiger partial charge >= 0.3 is 12.3 Å². The average molecular weight is 353 g/mol. The number of hydrogen-bond acceptors (Lipinski definition) is 4. The minimum atomic E-state index is -4.39. The summed E-state index contributed by atoms with van der Waals surface area (Å²) in [7, 11) is 1.41. The maximum Gasteiger partial charge on any atom is 0.407 e. The Hall–Kier alpha value is -1.51. The van der Waals surface area contributed by atoms with Crippen LogP contribution >= 0.6 is 0 Å². The smallest absolute Gasteiger partial charge is 0.407 e. The molecule has 0 radical (unpaired) electrons. The molecule has 0 aromatic rings. The van der Waals surface area contributed by atoms with Crippen LogP contribution in [0.5, 0.6) is 0 Å². The normalized spacial score (nSPS) is 23.1. The molecule has 0 aliphatic carbocycles. The number of piperazine rings is 1. The molecule has 24 heavy (non-hydrogen) atoms. The zero-order valence-electron chi connectivity index (χ0n) is 14.7. The second kappa shape index (κ2) is 7.58. The second-order valence-corrected chi connectivity index (χ2v) is 7.05. The molecule has 1 fully saturated rings. The van der Waals surface area contributed by atoms with Crippen LogP contribution in [0.4, 0.5) is 18.0 Å². The van der Waals surface area contributed by atoms with Gasteiger partial charge in [0.2, 0.25) is 5.91 Å². The van der Waals surface area contributed by atoms with Gasteiger partial charge in [0.15, 0.2) is 0 Å². The molecule has 0 aromatic carbocycles. The number of hydrogen-bond donors (Lipinski definition) is 1. The topological polar surface area (TPSA) is 61.9 Å². The molecule has 1 saturated heterocycles. The molecule has 1 N–H and O–H groups in total. The van der Waals surface area contributed by atoms with Gasteiger partial charge in [-0.2, -0.15) is 13.2 Å². The largest absolute Gasteiger partial charge is 0.444 e. The predicted molar refractivity (Wildman–Crippen MR) is 82.5 cm³/mol. The highest BCUT2D eigenvalue weighted by Gasteiger charge is 2.47. The summed E-state index contributed by atoms with van der Waals surface area (Å²) in [6, 6.07) is -2.07. The summed E-state index contributed by atoms with van der Waals surface area (Å²) in [5, 5.41) is 2.43. The summed E-state index contributed by atoms with van der Waals surface area (Å²) in [5.74, 6) is -0.416. The summed E-state index contributed by atoms with van der Waals surface area (Å²) >= 11 is 0. The summed E-state index contributed by atoms with van der Waals surface area (Å²) in [6.45, 7) is 6.63. The molecular weight excluding hydrogens is 327 g/mol. The van der Waals surface area contributed by atoms with Gasteiger partial charge in [-0.15, -0.1) is 0 Å². The van der Waals surface area contributed by atoms with Crippen LogP contribution in [-0.2, 0) is 9.53 Å². The van der Waals surface area contributed by atoms with E-state index in [0.29, 0.717) is 0 Å². The molecule has 1 aliphatic heterocycles. The van der Waals surface area contributed by atoms with E-state index < -0.39 is 42.4 Å². The Bertz CT molecular complexity index is 463. The molecule has 2 unspecified atom stereocenters. The van der Waals surface area contributed by atoms with Gasteiger partial charge in [-0.25, -0.2) is 4.79 Å². The molecule has 1 heterocycles. The van der Waals surface area contributed by atoms with Crippen molar-refractivity contribution in [3.8, 4) is 0 Å². The number of carbonyl (C=O) groups excluding carboxylic acids is 2. The Labute approximate surface area is 140 Å². The van der Waals surface area contributed by atoms with E-state index in [-0.39, 0.29) is 19.5 Å². The van der Waals surface area contributed by atoms with Crippen molar-refractivity contribution in [2.24, 2.45) is 0 Å². The fourth-order valence-corrected chi connectivity index (χ4v) is 2.45. The second-order valence-electron chi connectivity index (χ2n) is 7.05. The molecule has 140 valence electrons. The number of carbonyl (C=O) groups is 2. The molecule has 2 atom stereocenters. The quantitative estimate of drug-likeness (QED) is 0.843. The van der Waals surface area contributed by atoms with Gasteiger partial charge in [-0.05, 0) is 34.7 Å². The summed E-state index contributed by atoms with van der Waals surface area (Å²) < 4.78 is 44.2. The zero-order chi connectivity index (χ0) is 18.7.